The van der Waals surface area contributed by atoms with E-state index >= 15 is 0 Å². The molecule has 2 aromatic carbocycles. The van der Waals surface area contributed by atoms with Gasteiger partial charge < -0.3 is 4.90 Å². The minimum Gasteiger partial charge on any atom is -0.335 e. The van der Waals surface area contributed by atoms with E-state index in [1.165, 1.54) is 32.3 Å². The summed E-state index contributed by atoms with van der Waals surface area (Å²) in [6.45, 7) is 9.70. The highest BCUT2D eigenvalue weighted by Gasteiger charge is 2.24. The van der Waals surface area contributed by atoms with E-state index in [4.69, 9.17) is 0 Å². The minimum atomic E-state index is -4.00. The fourth-order valence-corrected chi connectivity index (χ4v) is 8.24. The molecule has 214 valence electrons. The van der Waals surface area contributed by atoms with Crippen molar-refractivity contribution in [2.24, 2.45) is 0 Å². The molecular weight excluding hydrogens is 589 g/mol. The van der Waals surface area contributed by atoms with Gasteiger partial charge in [0.15, 0.2) is 6.54 Å². The van der Waals surface area contributed by atoms with Gasteiger partial charge in [0.1, 0.15) is 4.70 Å². The molecule has 2 heterocycles. The van der Waals surface area contributed by atoms with E-state index in [0.29, 0.717) is 13.0 Å². The molecule has 0 saturated heterocycles. The van der Waals surface area contributed by atoms with Crippen molar-refractivity contribution >= 4 is 67.0 Å². The van der Waals surface area contributed by atoms with E-state index in [1.54, 1.807) is 28.5 Å². The standard InChI is InChI=1S/C32H34N2O3S4/c1-4-17-33-27-20-23(3)7-13-29(27)39-31(33)15-10-24-8-9-25(21-24)11-16-32-34(18-6-19-41(35,36)37)28-22-26(38-5-2)12-14-30(28)40-32/h5,7,10-16,20-22H,2,4,6,8-9,17-19H2,1,3H3/p+1. The number of thiazole rings is 1. The smallest absolute Gasteiger partial charge is 0.265 e. The number of allylic oxidation sites excluding steroid dienone is 6. The number of benzene rings is 2. The van der Waals surface area contributed by atoms with Gasteiger partial charge in [-0.1, -0.05) is 72.7 Å². The molecule has 41 heavy (non-hydrogen) atoms. The highest BCUT2D eigenvalue weighted by molar-refractivity contribution is 8.03. The van der Waals surface area contributed by atoms with Crippen LogP contribution < -0.4 is 9.47 Å². The number of anilines is 1. The van der Waals surface area contributed by atoms with E-state index in [9.17, 15) is 13.0 Å². The summed E-state index contributed by atoms with van der Waals surface area (Å²) < 4.78 is 35.2. The summed E-state index contributed by atoms with van der Waals surface area (Å²) in [5.74, 6) is -0.255. The van der Waals surface area contributed by atoms with E-state index in [1.807, 2.05) is 11.8 Å². The third-order valence-electron chi connectivity index (χ3n) is 6.99. The highest BCUT2D eigenvalue weighted by atomic mass is 32.2. The molecule has 1 N–H and O–H groups in total. The number of rotatable bonds is 11. The van der Waals surface area contributed by atoms with E-state index < -0.39 is 10.1 Å². The van der Waals surface area contributed by atoms with Crippen LogP contribution >= 0.6 is 34.9 Å². The van der Waals surface area contributed by atoms with Crippen LogP contribution in [0.15, 0.2) is 98.7 Å². The Bertz CT molecular complexity index is 1700. The van der Waals surface area contributed by atoms with E-state index in [-0.39, 0.29) is 5.75 Å². The Morgan fingerprint density at radius 2 is 2.00 bits per heavy atom. The van der Waals surface area contributed by atoms with E-state index in [2.05, 4.69) is 96.7 Å². The molecular formula is C32H35N2O3S4+. The first-order valence-corrected chi connectivity index (χ1v) is 17.9. The third kappa shape index (κ3) is 7.45. The zero-order chi connectivity index (χ0) is 29.0. The summed E-state index contributed by atoms with van der Waals surface area (Å²) in [6.07, 6.45) is 14.6. The summed E-state index contributed by atoms with van der Waals surface area (Å²) in [5.41, 5.74) is 6.27. The van der Waals surface area contributed by atoms with Crippen LogP contribution in [0.5, 0.6) is 0 Å². The van der Waals surface area contributed by atoms with Gasteiger partial charge in [-0.05, 0) is 78.6 Å². The lowest BCUT2D eigenvalue weighted by molar-refractivity contribution is -0.668. The molecule has 5 nitrogen and oxygen atoms in total. The summed E-state index contributed by atoms with van der Waals surface area (Å²) in [4.78, 5) is 4.84. The predicted molar refractivity (Wildman–Crippen MR) is 176 cm³/mol. The fraction of sp³-hybridized carbons (Fsp3) is 0.281. The van der Waals surface area contributed by atoms with Gasteiger partial charge >= 0.3 is 0 Å². The minimum absolute atomic E-state index is 0.255. The van der Waals surface area contributed by atoms with Crippen molar-refractivity contribution in [1.82, 2.24) is 0 Å². The summed E-state index contributed by atoms with van der Waals surface area (Å²) in [5, 5.41) is 4.14. The van der Waals surface area contributed by atoms with Crippen molar-refractivity contribution < 1.29 is 17.5 Å². The zero-order valence-electron chi connectivity index (χ0n) is 23.4. The third-order valence-corrected chi connectivity index (χ3v) is 10.8. The molecule has 2 aliphatic rings. The highest BCUT2D eigenvalue weighted by Crippen LogP contribution is 2.46. The predicted octanol–water partition coefficient (Wildman–Crippen LogP) is 8.53. The van der Waals surface area contributed by atoms with Crippen LogP contribution in [0.4, 0.5) is 5.69 Å². The molecule has 1 aromatic heterocycles. The topological polar surface area (TPSA) is 61.5 Å². The molecule has 0 bridgehead atoms. The zero-order valence-corrected chi connectivity index (χ0v) is 26.6. The van der Waals surface area contributed by atoms with Crippen LogP contribution in [0.3, 0.4) is 0 Å². The first-order valence-electron chi connectivity index (χ1n) is 13.8. The fourth-order valence-electron chi connectivity index (χ4n) is 5.09. The van der Waals surface area contributed by atoms with Gasteiger partial charge in [0.25, 0.3) is 15.1 Å². The average Bonchev–Trinajstić information content (AvgIpc) is 3.62. The number of aromatic nitrogens is 1. The van der Waals surface area contributed by atoms with Gasteiger partial charge in [0.2, 0.25) is 5.52 Å². The first kappa shape index (κ1) is 29.9. The van der Waals surface area contributed by atoms with Gasteiger partial charge in [-0.2, -0.15) is 13.0 Å². The Hall–Kier alpha value is -2.56. The Morgan fingerprint density at radius 1 is 1.15 bits per heavy atom. The lowest BCUT2D eigenvalue weighted by Crippen LogP contribution is -2.36. The number of thioether (sulfide) groups is 2. The van der Waals surface area contributed by atoms with Gasteiger partial charge in [0, 0.05) is 34.9 Å². The quantitative estimate of drug-likeness (QED) is 0.131. The lowest BCUT2D eigenvalue weighted by Gasteiger charge is -2.19. The number of hydrogen-bond acceptors (Lipinski definition) is 6. The normalized spacial score (nSPS) is 17.3. The Kier molecular flexibility index (Phi) is 9.61. The summed E-state index contributed by atoms with van der Waals surface area (Å²) in [7, 11) is -4.00. The SMILES string of the molecule is C=CSc1ccc2sc(C=CC3=CC(=CC=C4Sc5ccc(C)cc5N4CCC)CC3)[n+](CCCS(=O)(=O)O)c2c1. The molecule has 0 saturated carbocycles. The van der Waals surface area contributed by atoms with Crippen LogP contribution in [0, 0.1) is 6.92 Å². The first-order chi connectivity index (χ1) is 19.7. The molecule has 9 heteroatoms. The number of fused-ring (bicyclic) bond motifs is 2. The van der Waals surface area contributed by atoms with Crippen molar-refractivity contribution in [3.63, 3.8) is 0 Å². The van der Waals surface area contributed by atoms with Crippen molar-refractivity contribution in [3.8, 4) is 0 Å². The largest absolute Gasteiger partial charge is 0.335 e. The second-order valence-corrected chi connectivity index (χ2v) is 14.9. The molecule has 1 aliphatic carbocycles. The second-order valence-electron chi connectivity index (χ2n) is 10.2. The van der Waals surface area contributed by atoms with Crippen molar-refractivity contribution in [2.75, 3.05) is 17.2 Å². The van der Waals surface area contributed by atoms with E-state index in [0.717, 1.165) is 45.9 Å². The second kappa shape index (κ2) is 13.2. The number of hydrogen-bond donors (Lipinski definition) is 1. The molecule has 0 atom stereocenters. The number of aryl methyl sites for hydroxylation is 2. The van der Waals surface area contributed by atoms with Crippen molar-refractivity contribution in [1.29, 1.82) is 0 Å². The molecule has 0 radical (unpaired) electrons. The molecule has 0 fully saturated rings. The molecule has 1 aliphatic heterocycles. The Balaban J connectivity index is 1.37. The van der Waals surface area contributed by atoms with Gasteiger partial charge in [-0.25, -0.2) is 0 Å². The maximum atomic E-state index is 11.3. The maximum absolute atomic E-state index is 11.3. The lowest BCUT2D eigenvalue weighted by atomic mass is 10.2. The molecule has 0 unspecified atom stereocenters. The maximum Gasteiger partial charge on any atom is 0.265 e. The Labute approximate surface area is 255 Å². The van der Waals surface area contributed by atoms with Crippen LogP contribution in [-0.2, 0) is 16.7 Å². The van der Waals surface area contributed by atoms with Crippen LogP contribution in [0.2, 0.25) is 0 Å². The van der Waals surface area contributed by atoms with Crippen LogP contribution in [0.1, 0.15) is 43.2 Å². The molecule has 3 aromatic rings. The van der Waals surface area contributed by atoms with Crippen molar-refractivity contribution in [3.05, 3.63) is 99.4 Å². The van der Waals surface area contributed by atoms with Crippen molar-refractivity contribution in [2.45, 2.75) is 55.9 Å². The van der Waals surface area contributed by atoms with Crippen LogP contribution in [0.25, 0.3) is 16.3 Å². The van der Waals surface area contributed by atoms with Gasteiger partial charge in [-0.3, -0.25) is 4.55 Å². The molecule has 0 spiro atoms. The van der Waals surface area contributed by atoms with Gasteiger partial charge in [-0.15, -0.1) is 0 Å². The van der Waals surface area contributed by atoms with Gasteiger partial charge in [0.05, 0.1) is 16.5 Å². The average molecular weight is 624 g/mol. The molecule has 0 amide bonds. The van der Waals surface area contributed by atoms with Crippen LogP contribution in [-0.4, -0.2) is 25.3 Å². The Morgan fingerprint density at radius 3 is 2.78 bits per heavy atom. The number of nitrogens with zero attached hydrogens (tertiary/aromatic N) is 2. The monoisotopic (exact) mass is 623 g/mol. The summed E-state index contributed by atoms with van der Waals surface area (Å²) in [6, 6.07) is 13.0. The summed E-state index contributed by atoms with van der Waals surface area (Å²) >= 11 is 5.10. The molecule has 5 rings (SSSR count).